The molecule has 0 aliphatic rings. The smallest absolute Gasteiger partial charge is 0.306 e. The predicted octanol–water partition coefficient (Wildman–Crippen LogP) is 13.1. The molecule has 316 valence electrons. The number of aliphatic hydroxyl groups is 2. The van der Waals surface area contributed by atoms with Crippen LogP contribution in [-0.2, 0) is 14.3 Å². The van der Waals surface area contributed by atoms with Gasteiger partial charge in [0.25, 0.3) is 0 Å². The molecular weight excluding hydrogens is 683 g/mol. The van der Waals surface area contributed by atoms with Gasteiger partial charge in [-0.1, -0.05) is 203 Å². The highest BCUT2D eigenvalue weighted by molar-refractivity contribution is 5.78. The molecule has 0 fully saturated rings. The van der Waals surface area contributed by atoms with Crippen molar-refractivity contribution < 1.29 is 24.5 Å². The minimum absolute atomic E-state index is 0.0485. The first-order chi connectivity index (χ1) is 27.0. The molecular formula is C49H85NO5. The summed E-state index contributed by atoms with van der Waals surface area (Å²) in [6.45, 7) is 6.28. The largest absolute Gasteiger partial charge is 0.458 e. The number of carbonyl (C=O) groups excluding carboxylic acids is 2. The minimum atomic E-state index is -0.818. The van der Waals surface area contributed by atoms with E-state index in [-0.39, 0.29) is 24.9 Å². The third-order valence-electron chi connectivity index (χ3n) is 9.80. The maximum absolute atomic E-state index is 13.1. The first-order valence-electron chi connectivity index (χ1n) is 22.7. The van der Waals surface area contributed by atoms with Crippen LogP contribution in [0, 0.1) is 0 Å². The number of hydrogen-bond acceptors (Lipinski definition) is 5. The number of nitrogens with one attached hydrogen (secondary N) is 1. The molecule has 0 aromatic carbocycles. The fraction of sp³-hybridized carbons (Fsp3) is 0.714. The van der Waals surface area contributed by atoms with Crippen molar-refractivity contribution in [1.29, 1.82) is 0 Å². The summed E-state index contributed by atoms with van der Waals surface area (Å²) >= 11 is 0. The van der Waals surface area contributed by atoms with Crippen LogP contribution < -0.4 is 5.32 Å². The Labute approximate surface area is 339 Å². The summed E-state index contributed by atoms with van der Waals surface area (Å²) in [7, 11) is 0. The lowest BCUT2D eigenvalue weighted by molar-refractivity contribution is -0.148. The lowest BCUT2D eigenvalue weighted by atomic mass is 10.0. The lowest BCUT2D eigenvalue weighted by Crippen LogP contribution is -2.46. The summed E-state index contributed by atoms with van der Waals surface area (Å²) in [6.07, 6.45) is 52.8. The Morgan fingerprint density at radius 1 is 0.545 bits per heavy atom. The fourth-order valence-corrected chi connectivity index (χ4v) is 6.37. The first kappa shape index (κ1) is 52.3. The van der Waals surface area contributed by atoms with Crippen LogP contribution in [0.2, 0.25) is 0 Å². The van der Waals surface area contributed by atoms with Crippen LogP contribution in [0.25, 0.3) is 0 Å². The summed E-state index contributed by atoms with van der Waals surface area (Å²) in [5.41, 5.74) is 0. The number of ether oxygens (including phenoxy) is 1. The second kappa shape index (κ2) is 42.4. The molecule has 3 N–H and O–H groups in total. The number of hydrogen-bond donors (Lipinski definition) is 3. The number of amides is 1. The Morgan fingerprint density at radius 3 is 1.38 bits per heavy atom. The summed E-state index contributed by atoms with van der Waals surface area (Å²) < 4.78 is 5.78. The van der Waals surface area contributed by atoms with Crippen LogP contribution in [0.15, 0.2) is 72.9 Å². The van der Waals surface area contributed by atoms with Crippen LogP contribution in [-0.4, -0.2) is 46.9 Å². The molecule has 0 rings (SSSR count). The zero-order valence-corrected chi connectivity index (χ0v) is 35.8. The molecule has 0 bridgehead atoms. The Morgan fingerprint density at radius 2 is 0.945 bits per heavy atom. The summed E-state index contributed by atoms with van der Waals surface area (Å²) in [4.78, 5) is 25.9. The average molecular weight is 768 g/mol. The van der Waals surface area contributed by atoms with Crippen molar-refractivity contribution in [3.63, 3.8) is 0 Å². The highest BCUT2D eigenvalue weighted by Gasteiger charge is 2.23. The van der Waals surface area contributed by atoms with Gasteiger partial charge in [0.1, 0.15) is 6.10 Å². The van der Waals surface area contributed by atoms with E-state index in [1.165, 1.54) is 83.5 Å². The van der Waals surface area contributed by atoms with Gasteiger partial charge in [-0.15, -0.1) is 0 Å². The van der Waals surface area contributed by atoms with E-state index in [1.54, 1.807) is 6.08 Å². The zero-order chi connectivity index (χ0) is 40.3. The number of esters is 1. The minimum Gasteiger partial charge on any atom is -0.458 e. The molecule has 0 aromatic rings. The van der Waals surface area contributed by atoms with Gasteiger partial charge in [-0.2, -0.15) is 0 Å². The molecule has 0 aromatic heterocycles. The van der Waals surface area contributed by atoms with Crippen molar-refractivity contribution in [3.05, 3.63) is 72.9 Å². The monoisotopic (exact) mass is 768 g/mol. The van der Waals surface area contributed by atoms with Gasteiger partial charge in [0, 0.05) is 6.42 Å². The van der Waals surface area contributed by atoms with E-state index in [9.17, 15) is 19.8 Å². The van der Waals surface area contributed by atoms with Gasteiger partial charge in [-0.25, -0.2) is 0 Å². The van der Waals surface area contributed by atoms with Crippen molar-refractivity contribution in [2.75, 3.05) is 6.61 Å². The van der Waals surface area contributed by atoms with E-state index in [2.05, 4.69) is 86.8 Å². The third kappa shape index (κ3) is 38.0. The van der Waals surface area contributed by atoms with Gasteiger partial charge < -0.3 is 20.3 Å². The normalized spacial score (nSPS) is 14.1. The second-order valence-electron chi connectivity index (χ2n) is 15.1. The van der Waals surface area contributed by atoms with Gasteiger partial charge in [-0.05, 0) is 57.4 Å². The number of rotatable bonds is 39. The predicted molar refractivity (Wildman–Crippen MR) is 236 cm³/mol. The molecule has 0 aliphatic carbocycles. The van der Waals surface area contributed by atoms with Crippen molar-refractivity contribution in [2.24, 2.45) is 0 Å². The fourth-order valence-electron chi connectivity index (χ4n) is 6.37. The van der Waals surface area contributed by atoms with Gasteiger partial charge in [0.2, 0.25) is 5.91 Å². The van der Waals surface area contributed by atoms with Crippen LogP contribution in [0.4, 0.5) is 0 Å². The highest BCUT2D eigenvalue weighted by atomic mass is 16.5. The molecule has 6 heteroatoms. The van der Waals surface area contributed by atoms with Crippen LogP contribution >= 0.6 is 0 Å². The number of carbonyl (C=O) groups is 2. The van der Waals surface area contributed by atoms with Crippen LogP contribution in [0.5, 0.6) is 0 Å². The summed E-state index contributed by atoms with van der Waals surface area (Å²) in [6, 6.07) is -0.741. The Hall–Kier alpha value is -2.70. The lowest BCUT2D eigenvalue weighted by Gasteiger charge is -2.23. The quantitative estimate of drug-likeness (QED) is 0.0329. The Balaban J connectivity index is 4.81. The Bertz CT molecular complexity index is 1040. The number of allylic oxidation sites excluding steroid dienone is 11. The average Bonchev–Trinajstić information content (AvgIpc) is 3.18. The highest BCUT2D eigenvalue weighted by Crippen LogP contribution is 2.15. The van der Waals surface area contributed by atoms with Crippen LogP contribution in [0.3, 0.4) is 0 Å². The molecule has 6 nitrogen and oxygen atoms in total. The molecule has 3 unspecified atom stereocenters. The van der Waals surface area contributed by atoms with Crippen LogP contribution in [0.1, 0.15) is 201 Å². The maximum atomic E-state index is 13.1. The summed E-state index contributed by atoms with van der Waals surface area (Å²) in [5, 5.41) is 23.5. The van der Waals surface area contributed by atoms with E-state index in [1.807, 2.05) is 6.08 Å². The van der Waals surface area contributed by atoms with E-state index in [0.29, 0.717) is 19.3 Å². The van der Waals surface area contributed by atoms with E-state index >= 15 is 0 Å². The zero-order valence-electron chi connectivity index (χ0n) is 35.8. The van der Waals surface area contributed by atoms with E-state index in [4.69, 9.17) is 4.74 Å². The van der Waals surface area contributed by atoms with E-state index in [0.717, 1.165) is 70.6 Å². The molecule has 0 spiro atoms. The topological polar surface area (TPSA) is 95.9 Å². The molecule has 0 radical (unpaired) electrons. The molecule has 0 saturated heterocycles. The SMILES string of the molecule is CC/C=C\C/C=C\C/C=C\C/C=C\C/C=C\C/C=C\C(CC(=O)NC(CO)C(O)CCCCCCCCCCCC)OC(=O)CCCCCCCCCCC. The van der Waals surface area contributed by atoms with Crippen molar-refractivity contribution in [2.45, 2.75) is 219 Å². The van der Waals surface area contributed by atoms with Gasteiger partial charge in [0.05, 0.1) is 25.2 Å². The Kier molecular flexibility index (Phi) is 40.4. The second-order valence-corrected chi connectivity index (χ2v) is 15.1. The molecule has 55 heavy (non-hydrogen) atoms. The number of aliphatic hydroxyl groups excluding tert-OH is 2. The molecule has 1 amide bonds. The summed E-state index contributed by atoms with van der Waals surface area (Å²) in [5.74, 6) is -0.637. The molecule has 0 aliphatic heterocycles. The number of unbranched alkanes of at least 4 members (excludes halogenated alkanes) is 17. The maximum Gasteiger partial charge on any atom is 0.306 e. The molecule has 0 saturated carbocycles. The molecule has 3 atom stereocenters. The third-order valence-corrected chi connectivity index (χ3v) is 9.80. The van der Waals surface area contributed by atoms with Gasteiger partial charge in [-0.3, -0.25) is 9.59 Å². The van der Waals surface area contributed by atoms with Gasteiger partial charge >= 0.3 is 5.97 Å². The van der Waals surface area contributed by atoms with Gasteiger partial charge in [0.15, 0.2) is 0 Å². The van der Waals surface area contributed by atoms with Crippen molar-refractivity contribution in [1.82, 2.24) is 5.32 Å². The van der Waals surface area contributed by atoms with Crippen molar-refractivity contribution in [3.8, 4) is 0 Å². The first-order valence-corrected chi connectivity index (χ1v) is 22.7. The van der Waals surface area contributed by atoms with Crippen molar-refractivity contribution >= 4 is 11.9 Å². The molecule has 0 heterocycles. The van der Waals surface area contributed by atoms with E-state index < -0.39 is 18.2 Å². The standard InChI is InChI=1S/C49H85NO5/c1-4-7-10-13-16-19-21-22-23-24-25-26-27-29-31-34-37-40-45(55-49(54)42-39-36-33-28-18-15-12-9-6-3)43-48(53)50-46(44-51)47(52)41-38-35-32-30-20-17-14-11-8-5-2/h7,10,16,19,22-23,25-26,29,31,37,40,45-47,51-52H,4-6,8-9,11-15,17-18,20-21,24,27-28,30,32-36,38-39,41-44H2,1-3H3,(H,50,53)/b10-7-,19-16-,23-22-,26-25-,31-29-,40-37-.